The zero-order valence-corrected chi connectivity index (χ0v) is 13.9. The van der Waals surface area contributed by atoms with E-state index in [2.05, 4.69) is 28.1 Å². The van der Waals surface area contributed by atoms with Gasteiger partial charge in [0, 0.05) is 11.1 Å². The maximum atomic E-state index is 4.83. The number of isothiocyanates is 1. The first-order chi connectivity index (χ1) is 11.4. The molecule has 0 spiro atoms. The lowest BCUT2D eigenvalue weighted by atomic mass is 9.81. The van der Waals surface area contributed by atoms with Crippen molar-refractivity contribution >= 4 is 23.1 Å². The SMILES string of the molecule is S=C=Nc1cccc(C#Cc2ccccc2)c1C1CCCCC1. The summed E-state index contributed by atoms with van der Waals surface area (Å²) in [5.41, 5.74) is 4.30. The largest absolute Gasteiger partial charge is 0.194 e. The molecule has 0 N–H and O–H groups in total. The molecule has 2 aromatic carbocycles. The molecule has 2 aromatic rings. The fraction of sp³-hybridized carbons (Fsp3) is 0.286. The van der Waals surface area contributed by atoms with Gasteiger partial charge in [-0.3, -0.25) is 0 Å². The molecule has 1 fully saturated rings. The molecule has 1 aliphatic rings. The number of benzene rings is 2. The molecular formula is C21H19NS. The van der Waals surface area contributed by atoms with Crippen LogP contribution in [-0.2, 0) is 0 Å². The van der Waals surface area contributed by atoms with E-state index >= 15 is 0 Å². The highest BCUT2D eigenvalue weighted by Crippen LogP contribution is 2.39. The minimum Gasteiger partial charge on any atom is -0.194 e. The van der Waals surface area contributed by atoms with Crippen LogP contribution in [0, 0.1) is 11.8 Å². The second kappa shape index (κ2) is 7.88. The number of thiocarbonyl (C=S) groups is 1. The highest BCUT2D eigenvalue weighted by atomic mass is 32.1. The summed E-state index contributed by atoms with van der Waals surface area (Å²) in [6.07, 6.45) is 6.33. The minimum absolute atomic E-state index is 0.534. The highest BCUT2D eigenvalue weighted by molar-refractivity contribution is 7.78. The molecule has 1 aliphatic carbocycles. The van der Waals surface area contributed by atoms with Crippen LogP contribution < -0.4 is 0 Å². The lowest BCUT2D eigenvalue weighted by Crippen LogP contribution is -2.06. The zero-order chi connectivity index (χ0) is 15.9. The average molecular weight is 317 g/mol. The molecular weight excluding hydrogens is 298 g/mol. The maximum absolute atomic E-state index is 4.83. The van der Waals surface area contributed by atoms with Gasteiger partial charge in [0.15, 0.2) is 0 Å². The van der Waals surface area contributed by atoms with Crippen LogP contribution in [0.3, 0.4) is 0 Å². The van der Waals surface area contributed by atoms with E-state index < -0.39 is 0 Å². The van der Waals surface area contributed by atoms with Crippen molar-refractivity contribution < 1.29 is 0 Å². The Bertz CT molecular complexity index is 770. The van der Waals surface area contributed by atoms with E-state index in [1.165, 1.54) is 37.7 Å². The Morgan fingerprint density at radius 3 is 2.39 bits per heavy atom. The molecule has 0 amide bonds. The summed E-state index contributed by atoms with van der Waals surface area (Å²) in [7, 11) is 0. The van der Waals surface area contributed by atoms with Gasteiger partial charge in [-0.05, 0) is 60.8 Å². The van der Waals surface area contributed by atoms with Crippen LogP contribution in [0.2, 0.25) is 0 Å². The van der Waals surface area contributed by atoms with Gasteiger partial charge in [0.1, 0.15) is 0 Å². The van der Waals surface area contributed by atoms with E-state index in [1.54, 1.807) is 0 Å². The van der Waals surface area contributed by atoms with Gasteiger partial charge in [-0.1, -0.05) is 55.4 Å². The van der Waals surface area contributed by atoms with E-state index in [0.29, 0.717) is 5.92 Å². The Morgan fingerprint density at radius 2 is 1.65 bits per heavy atom. The topological polar surface area (TPSA) is 12.4 Å². The molecule has 3 rings (SSSR count). The van der Waals surface area contributed by atoms with E-state index in [1.807, 2.05) is 42.5 Å². The van der Waals surface area contributed by atoms with Crippen molar-refractivity contribution in [3.8, 4) is 11.8 Å². The van der Waals surface area contributed by atoms with Gasteiger partial charge in [0.05, 0.1) is 10.8 Å². The number of rotatable bonds is 2. The van der Waals surface area contributed by atoms with E-state index in [-0.39, 0.29) is 0 Å². The van der Waals surface area contributed by atoms with Gasteiger partial charge in [-0.25, -0.2) is 0 Å². The third-order valence-electron chi connectivity index (χ3n) is 4.38. The predicted molar refractivity (Wildman–Crippen MR) is 99.4 cm³/mol. The minimum atomic E-state index is 0.534. The molecule has 0 bridgehead atoms. The fourth-order valence-corrected chi connectivity index (χ4v) is 3.39. The fourth-order valence-electron chi connectivity index (χ4n) is 3.29. The highest BCUT2D eigenvalue weighted by Gasteiger charge is 2.21. The van der Waals surface area contributed by atoms with Gasteiger partial charge < -0.3 is 0 Å². The Labute approximate surface area is 143 Å². The van der Waals surface area contributed by atoms with Crippen LogP contribution >= 0.6 is 12.2 Å². The molecule has 0 saturated heterocycles. The van der Waals surface area contributed by atoms with E-state index in [9.17, 15) is 0 Å². The standard InChI is InChI=1S/C21H19NS/c23-16-22-20-13-7-12-19(15-14-17-8-3-1-4-9-17)21(20)18-10-5-2-6-11-18/h1,3-4,7-9,12-13,18H,2,5-6,10-11H2. The normalized spacial score (nSPS) is 14.4. The summed E-state index contributed by atoms with van der Waals surface area (Å²) in [5.74, 6) is 7.16. The molecule has 2 heteroatoms. The number of hydrogen-bond acceptors (Lipinski definition) is 2. The molecule has 1 saturated carbocycles. The van der Waals surface area contributed by atoms with Gasteiger partial charge in [-0.15, -0.1) is 0 Å². The number of aliphatic imine (C=N–C) groups is 1. The van der Waals surface area contributed by atoms with Crippen LogP contribution in [0.25, 0.3) is 0 Å². The Morgan fingerprint density at radius 1 is 0.870 bits per heavy atom. The van der Waals surface area contributed by atoms with Gasteiger partial charge >= 0.3 is 0 Å². The lowest BCUT2D eigenvalue weighted by molar-refractivity contribution is 0.444. The average Bonchev–Trinajstić information content (AvgIpc) is 2.62. The van der Waals surface area contributed by atoms with Crippen LogP contribution in [0.4, 0.5) is 5.69 Å². The molecule has 114 valence electrons. The smallest absolute Gasteiger partial charge is 0.0786 e. The van der Waals surface area contributed by atoms with Gasteiger partial charge in [0.2, 0.25) is 0 Å². The van der Waals surface area contributed by atoms with Gasteiger partial charge in [-0.2, -0.15) is 4.99 Å². The molecule has 0 atom stereocenters. The summed E-state index contributed by atoms with van der Waals surface area (Å²) < 4.78 is 0. The number of nitrogens with zero attached hydrogens (tertiary/aromatic N) is 1. The molecule has 23 heavy (non-hydrogen) atoms. The lowest BCUT2D eigenvalue weighted by Gasteiger charge is -2.24. The van der Waals surface area contributed by atoms with Crippen molar-refractivity contribution in [3.63, 3.8) is 0 Å². The van der Waals surface area contributed by atoms with Gasteiger partial charge in [0.25, 0.3) is 0 Å². The van der Waals surface area contributed by atoms with Crippen molar-refractivity contribution in [3.05, 3.63) is 65.2 Å². The molecule has 1 nitrogen and oxygen atoms in total. The molecule has 0 unspecified atom stereocenters. The summed E-state index contributed by atoms with van der Waals surface area (Å²) >= 11 is 4.83. The Kier molecular flexibility index (Phi) is 5.37. The predicted octanol–water partition coefficient (Wildman–Crippen LogP) is 5.87. The van der Waals surface area contributed by atoms with Crippen LogP contribution in [0.15, 0.2) is 53.5 Å². The first-order valence-electron chi connectivity index (χ1n) is 8.16. The van der Waals surface area contributed by atoms with E-state index in [4.69, 9.17) is 12.2 Å². The van der Waals surface area contributed by atoms with Crippen molar-refractivity contribution in [1.29, 1.82) is 0 Å². The quantitative estimate of drug-likeness (QED) is 0.383. The molecule has 0 aromatic heterocycles. The first kappa shape index (κ1) is 15.7. The first-order valence-corrected chi connectivity index (χ1v) is 8.57. The maximum Gasteiger partial charge on any atom is 0.0786 e. The summed E-state index contributed by atoms with van der Waals surface area (Å²) in [4.78, 5) is 4.29. The second-order valence-electron chi connectivity index (χ2n) is 5.89. The second-order valence-corrected chi connectivity index (χ2v) is 6.07. The third-order valence-corrected chi connectivity index (χ3v) is 4.47. The van der Waals surface area contributed by atoms with Crippen LogP contribution in [0.5, 0.6) is 0 Å². The number of hydrogen-bond donors (Lipinski definition) is 0. The third kappa shape index (κ3) is 3.96. The van der Waals surface area contributed by atoms with Crippen LogP contribution in [0.1, 0.15) is 54.7 Å². The van der Waals surface area contributed by atoms with E-state index in [0.717, 1.165) is 16.8 Å². The monoisotopic (exact) mass is 317 g/mol. The summed E-state index contributed by atoms with van der Waals surface area (Å²) in [5, 5.41) is 2.52. The van der Waals surface area contributed by atoms with Crippen molar-refractivity contribution in [2.45, 2.75) is 38.0 Å². The summed E-state index contributed by atoms with van der Waals surface area (Å²) in [6, 6.07) is 16.2. The van der Waals surface area contributed by atoms with Crippen molar-refractivity contribution in [2.75, 3.05) is 0 Å². The van der Waals surface area contributed by atoms with Crippen molar-refractivity contribution in [2.24, 2.45) is 4.99 Å². The summed E-state index contributed by atoms with van der Waals surface area (Å²) in [6.45, 7) is 0. The molecule has 0 radical (unpaired) electrons. The molecule has 0 heterocycles. The van der Waals surface area contributed by atoms with Crippen molar-refractivity contribution in [1.82, 2.24) is 0 Å². The Hall–Kier alpha value is -2.20. The van der Waals surface area contributed by atoms with Crippen LogP contribution in [-0.4, -0.2) is 5.16 Å². The Balaban J connectivity index is 2.03. The zero-order valence-electron chi connectivity index (χ0n) is 13.1. The molecule has 0 aliphatic heterocycles.